The second kappa shape index (κ2) is 6.98. The number of hydrogen-bond donors (Lipinski definition) is 1. The number of carbonyl (C=O) groups is 1. The molecule has 0 amide bonds. The van der Waals surface area contributed by atoms with Gasteiger partial charge in [0.1, 0.15) is 11.6 Å². The average Bonchev–Trinajstić information content (AvgIpc) is 2.20. The Balaban J connectivity index is 0.00000289. The largest absolute Gasteiger partial charge is 0.458 e. The zero-order valence-electron chi connectivity index (χ0n) is 10.8. The smallest absolute Gasteiger partial charge is 0.323 e. The minimum atomic E-state index is -0.598. The van der Waals surface area contributed by atoms with Gasteiger partial charge in [0.25, 0.3) is 0 Å². The van der Waals surface area contributed by atoms with E-state index in [1.807, 2.05) is 38.1 Å². The summed E-state index contributed by atoms with van der Waals surface area (Å²) in [4.78, 5) is 11.4. The summed E-state index contributed by atoms with van der Waals surface area (Å²) in [5.74, 6) is -0.385. The Morgan fingerprint density at radius 3 is 2.33 bits per heavy atom. The molecule has 2 N–H and O–H groups in total. The number of nitrogens with two attached hydrogens (primary N) is 1. The lowest BCUT2D eigenvalue weighted by Gasteiger charge is -2.26. The van der Waals surface area contributed by atoms with Crippen LogP contribution >= 0.6 is 24.0 Å². The highest BCUT2D eigenvalue weighted by molar-refractivity contribution is 6.30. The number of ether oxygens (including phenoxy) is 1. The summed E-state index contributed by atoms with van der Waals surface area (Å²) in [6.45, 7) is 5.34. The van der Waals surface area contributed by atoms with Crippen molar-refractivity contribution in [3.05, 3.63) is 34.9 Å². The first kappa shape index (κ1) is 17.2. The van der Waals surface area contributed by atoms with E-state index in [0.717, 1.165) is 5.56 Å². The monoisotopic (exact) mass is 291 g/mol. The maximum atomic E-state index is 11.4. The van der Waals surface area contributed by atoms with Gasteiger partial charge in [-0.2, -0.15) is 0 Å². The number of hydrogen-bond acceptors (Lipinski definition) is 3. The molecule has 0 aliphatic rings. The van der Waals surface area contributed by atoms with Crippen molar-refractivity contribution in [3.8, 4) is 0 Å². The molecule has 1 atom stereocenters. The maximum absolute atomic E-state index is 11.4. The molecule has 0 unspecified atom stereocenters. The molecular formula is C13H19Cl2NO2. The van der Waals surface area contributed by atoms with Crippen molar-refractivity contribution in [1.29, 1.82) is 0 Å². The molecule has 0 radical (unpaired) electrons. The zero-order chi connectivity index (χ0) is 13.1. The fourth-order valence-corrected chi connectivity index (χ4v) is 1.62. The zero-order valence-corrected chi connectivity index (χ0v) is 12.3. The second-order valence-electron chi connectivity index (χ2n) is 4.77. The van der Waals surface area contributed by atoms with Crippen LogP contribution in [0.2, 0.25) is 5.02 Å². The molecule has 0 saturated heterocycles. The highest BCUT2D eigenvalue weighted by Crippen LogP contribution is 2.19. The van der Waals surface area contributed by atoms with Gasteiger partial charge in [0.05, 0.1) is 0 Å². The quantitative estimate of drug-likeness (QED) is 0.868. The van der Waals surface area contributed by atoms with E-state index in [1.165, 1.54) is 0 Å². The van der Waals surface area contributed by atoms with Crippen LogP contribution in [0.3, 0.4) is 0 Å². The number of carbonyl (C=O) groups excluding carboxylic acids is 1. The van der Waals surface area contributed by atoms with Crippen molar-refractivity contribution in [2.75, 3.05) is 0 Å². The van der Waals surface area contributed by atoms with Gasteiger partial charge in [0.2, 0.25) is 0 Å². The van der Waals surface area contributed by atoms with Crippen molar-refractivity contribution in [1.82, 2.24) is 0 Å². The first-order valence-electron chi connectivity index (χ1n) is 5.53. The molecule has 0 fully saturated rings. The van der Waals surface area contributed by atoms with Crippen LogP contribution in [0.5, 0.6) is 0 Å². The van der Waals surface area contributed by atoms with Crippen LogP contribution < -0.4 is 5.73 Å². The standard InChI is InChI=1S/C13H18ClNO2.ClH/c1-9(15)12(16)17-13(2,3)8-10-4-6-11(14)7-5-10;/h4-7,9H,8,15H2,1-3H3;1H/t9-;/m1./s1. The third-order valence-electron chi connectivity index (χ3n) is 2.29. The average molecular weight is 292 g/mol. The number of esters is 1. The third kappa shape index (κ3) is 5.71. The van der Waals surface area contributed by atoms with Gasteiger partial charge in [0.15, 0.2) is 0 Å². The Morgan fingerprint density at radius 1 is 1.39 bits per heavy atom. The minimum Gasteiger partial charge on any atom is -0.458 e. The molecule has 0 saturated carbocycles. The van der Waals surface area contributed by atoms with E-state index in [-0.39, 0.29) is 18.4 Å². The molecule has 0 bridgehead atoms. The summed E-state index contributed by atoms with van der Waals surface area (Å²) in [6.07, 6.45) is 0.628. The van der Waals surface area contributed by atoms with Gasteiger partial charge in [-0.1, -0.05) is 23.7 Å². The summed E-state index contributed by atoms with van der Waals surface area (Å²) in [5, 5.41) is 0.694. The molecule has 1 rings (SSSR count). The highest BCUT2D eigenvalue weighted by Gasteiger charge is 2.24. The number of benzene rings is 1. The van der Waals surface area contributed by atoms with Gasteiger partial charge in [-0.05, 0) is 38.5 Å². The molecular weight excluding hydrogens is 273 g/mol. The van der Waals surface area contributed by atoms with Crippen LogP contribution in [0.4, 0.5) is 0 Å². The van der Waals surface area contributed by atoms with Crippen molar-refractivity contribution in [3.63, 3.8) is 0 Å². The predicted octanol–water partition coefficient (Wildman–Crippen LogP) is 2.97. The molecule has 1 aromatic carbocycles. The Labute approximate surface area is 119 Å². The molecule has 0 aliphatic carbocycles. The van der Waals surface area contributed by atoms with Crippen LogP contribution in [0, 0.1) is 0 Å². The van der Waals surface area contributed by atoms with Crippen molar-refractivity contribution >= 4 is 30.0 Å². The minimum absolute atomic E-state index is 0. The summed E-state index contributed by atoms with van der Waals surface area (Å²) in [5.41, 5.74) is 5.96. The molecule has 102 valence electrons. The lowest BCUT2D eigenvalue weighted by molar-refractivity contribution is -0.157. The van der Waals surface area contributed by atoms with E-state index in [9.17, 15) is 4.79 Å². The first-order chi connectivity index (χ1) is 7.80. The molecule has 18 heavy (non-hydrogen) atoms. The van der Waals surface area contributed by atoms with E-state index < -0.39 is 11.6 Å². The van der Waals surface area contributed by atoms with E-state index in [4.69, 9.17) is 22.1 Å². The van der Waals surface area contributed by atoms with Gasteiger partial charge < -0.3 is 10.5 Å². The Bertz CT molecular complexity index is 388. The lowest BCUT2D eigenvalue weighted by atomic mass is 9.98. The van der Waals surface area contributed by atoms with E-state index in [1.54, 1.807) is 6.92 Å². The van der Waals surface area contributed by atoms with Crippen LogP contribution in [-0.2, 0) is 16.0 Å². The molecule has 5 heteroatoms. The molecule has 1 aromatic rings. The lowest BCUT2D eigenvalue weighted by Crippen LogP contribution is -2.38. The fraction of sp³-hybridized carbons (Fsp3) is 0.462. The van der Waals surface area contributed by atoms with Crippen LogP contribution in [0.15, 0.2) is 24.3 Å². The van der Waals surface area contributed by atoms with Crippen LogP contribution in [-0.4, -0.2) is 17.6 Å². The highest BCUT2D eigenvalue weighted by atomic mass is 35.5. The fourth-order valence-electron chi connectivity index (χ4n) is 1.50. The summed E-state index contributed by atoms with van der Waals surface area (Å²) >= 11 is 5.81. The molecule has 0 heterocycles. The van der Waals surface area contributed by atoms with Gasteiger partial charge in [-0.25, -0.2) is 0 Å². The number of halogens is 2. The van der Waals surface area contributed by atoms with Crippen molar-refractivity contribution < 1.29 is 9.53 Å². The van der Waals surface area contributed by atoms with Gasteiger partial charge in [-0.3, -0.25) is 4.79 Å². The van der Waals surface area contributed by atoms with Crippen molar-refractivity contribution in [2.45, 2.75) is 38.8 Å². The second-order valence-corrected chi connectivity index (χ2v) is 5.21. The molecule has 0 aliphatic heterocycles. The topological polar surface area (TPSA) is 52.3 Å². The number of rotatable bonds is 4. The first-order valence-corrected chi connectivity index (χ1v) is 5.91. The summed E-state index contributed by atoms with van der Waals surface area (Å²) in [7, 11) is 0. The summed E-state index contributed by atoms with van der Waals surface area (Å²) < 4.78 is 5.34. The van der Waals surface area contributed by atoms with E-state index in [0.29, 0.717) is 11.4 Å². The van der Waals surface area contributed by atoms with Gasteiger partial charge in [-0.15, -0.1) is 12.4 Å². The summed E-state index contributed by atoms with van der Waals surface area (Å²) in [6, 6.07) is 6.88. The third-order valence-corrected chi connectivity index (χ3v) is 2.54. The molecule has 0 spiro atoms. The predicted molar refractivity (Wildman–Crippen MR) is 76.2 cm³/mol. The molecule has 0 aromatic heterocycles. The van der Waals surface area contributed by atoms with E-state index >= 15 is 0 Å². The maximum Gasteiger partial charge on any atom is 0.323 e. The Morgan fingerprint density at radius 2 is 1.89 bits per heavy atom. The molecule has 3 nitrogen and oxygen atoms in total. The van der Waals surface area contributed by atoms with Crippen molar-refractivity contribution in [2.24, 2.45) is 5.73 Å². The van der Waals surface area contributed by atoms with Gasteiger partial charge >= 0.3 is 5.97 Å². The Hall–Kier alpha value is -0.770. The van der Waals surface area contributed by atoms with Crippen LogP contribution in [0.1, 0.15) is 26.3 Å². The van der Waals surface area contributed by atoms with Crippen LogP contribution in [0.25, 0.3) is 0 Å². The van der Waals surface area contributed by atoms with E-state index in [2.05, 4.69) is 0 Å². The van der Waals surface area contributed by atoms with Gasteiger partial charge in [0, 0.05) is 11.4 Å². The Kier molecular flexibility index (Phi) is 6.68. The SMILES string of the molecule is C[C@@H](N)C(=O)OC(C)(C)Cc1ccc(Cl)cc1.Cl. The normalized spacial score (nSPS) is 12.5.